The molecule has 19 heteroatoms. The second-order valence-corrected chi connectivity index (χ2v) is 18.1. The van der Waals surface area contributed by atoms with Crippen LogP contribution in [-0.4, -0.2) is 125 Å². The zero-order valence-corrected chi connectivity index (χ0v) is 42.7. The number of likely N-dealkylation sites (tertiary alicyclic amines) is 1. The molecule has 6 amide bonds. The predicted molar refractivity (Wildman–Crippen MR) is 271 cm³/mol. The van der Waals surface area contributed by atoms with Crippen molar-refractivity contribution in [2.75, 3.05) is 67.1 Å². The fraction of sp³-hybridized carbons (Fsp3) is 0.436. The quantitative estimate of drug-likeness (QED) is 0.0397. The normalized spacial score (nSPS) is 17.1. The van der Waals surface area contributed by atoms with Crippen molar-refractivity contribution in [3.05, 3.63) is 101 Å². The van der Waals surface area contributed by atoms with E-state index in [4.69, 9.17) is 33.2 Å². The predicted octanol–water partition coefficient (Wildman–Crippen LogP) is 6.31. The Morgan fingerprint density at radius 1 is 0.743 bits per heavy atom. The molecule has 0 aromatic heterocycles. The molecule has 0 aliphatic carbocycles. The number of hydrogen-bond donors (Lipinski definition) is 3. The van der Waals surface area contributed by atoms with Crippen molar-refractivity contribution in [3.63, 3.8) is 0 Å². The van der Waals surface area contributed by atoms with Crippen molar-refractivity contribution in [1.82, 2.24) is 20.4 Å². The van der Waals surface area contributed by atoms with Gasteiger partial charge < -0.3 is 48.7 Å². The van der Waals surface area contributed by atoms with E-state index in [2.05, 4.69) is 16.0 Å². The van der Waals surface area contributed by atoms with Crippen LogP contribution in [-0.2, 0) is 35.1 Å². The van der Waals surface area contributed by atoms with Gasteiger partial charge in [-0.1, -0.05) is 31.2 Å². The molecule has 3 aliphatic heterocycles. The maximum Gasteiger partial charge on any atom is 0.329 e. The number of aryl methyl sites for hydroxylation is 1. The number of amides is 6. The molecule has 7 rings (SSSR count). The third-order valence-corrected chi connectivity index (χ3v) is 13.6. The number of fused-ring (bicyclic) bond motifs is 1. The van der Waals surface area contributed by atoms with Gasteiger partial charge in [-0.15, -0.1) is 0 Å². The van der Waals surface area contributed by atoms with Gasteiger partial charge in [-0.05, 0) is 117 Å². The summed E-state index contributed by atoms with van der Waals surface area (Å²) in [6.07, 6.45) is 3.62. The number of carbonyl (C=O) groups is 7. The van der Waals surface area contributed by atoms with Crippen LogP contribution in [0.4, 0.5) is 5.69 Å². The first-order chi connectivity index (χ1) is 35.8. The summed E-state index contributed by atoms with van der Waals surface area (Å²) in [5.74, 6) is -1.28. The highest BCUT2D eigenvalue weighted by Crippen LogP contribution is 2.42. The summed E-state index contributed by atoms with van der Waals surface area (Å²) in [4.78, 5) is 95.2. The lowest BCUT2D eigenvalue weighted by Crippen LogP contribution is -2.54. The first kappa shape index (κ1) is 54.0. The van der Waals surface area contributed by atoms with Crippen LogP contribution in [0.2, 0.25) is 0 Å². The summed E-state index contributed by atoms with van der Waals surface area (Å²) < 4.78 is 40.3. The van der Waals surface area contributed by atoms with E-state index in [-0.39, 0.29) is 42.4 Å². The van der Waals surface area contributed by atoms with Crippen LogP contribution in [0.1, 0.15) is 114 Å². The van der Waals surface area contributed by atoms with Crippen LogP contribution < -0.4 is 44.4 Å². The van der Waals surface area contributed by atoms with Gasteiger partial charge in [0.25, 0.3) is 17.7 Å². The van der Waals surface area contributed by atoms with Crippen LogP contribution in [0, 0.1) is 0 Å². The highest BCUT2D eigenvalue weighted by Gasteiger charge is 2.45. The van der Waals surface area contributed by atoms with Gasteiger partial charge in [0.15, 0.2) is 29.6 Å². The minimum atomic E-state index is -1.04. The third kappa shape index (κ3) is 12.3. The summed E-state index contributed by atoms with van der Waals surface area (Å²) in [7, 11) is 7.67. The van der Waals surface area contributed by atoms with Crippen molar-refractivity contribution >= 4 is 47.1 Å². The van der Waals surface area contributed by atoms with E-state index < -0.39 is 53.7 Å². The molecule has 2 saturated heterocycles. The van der Waals surface area contributed by atoms with Gasteiger partial charge in [-0.25, -0.2) is 4.79 Å². The standard InChI is InChI=1S/C55H65N5O14/c1-7-36(34-29-46(70-4)50(72-6)47(30-34)71-5)52(64)59-27-13-10-15-41(59)55(67)74-43(22-17-33-18-23-44(68-2)45(28-33)69-3)38-14-8-9-16-42(38)73-32-49(62)57-26-12-11-25-56-35-19-20-37-39(31-35)54(66)60(53(37)65)40-21-24-48(61)58-51(40)63/h8-9,14,16,18-20,23,28-31,36,40-41,43,56H,7,10-13,15,17,21-22,24-27,32H2,1-6H3,(H,57,62)(H,58,61,63)/t36-,40?,41-,43+/m0/s1. The molecule has 3 aliphatic rings. The van der Waals surface area contributed by atoms with Gasteiger partial charge in [0.05, 0.1) is 52.6 Å². The number of methoxy groups -OCH3 is 5. The first-order valence-electron chi connectivity index (χ1n) is 24.9. The zero-order chi connectivity index (χ0) is 52.9. The Hall–Kier alpha value is -7.83. The molecule has 19 nitrogen and oxygen atoms in total. The van der Waals surface area contributed by atoms with Crippen molar-refractivity contribution < 1.29 is 66.7 Å². The van der Waals surface area contributed by atoms with Gasteiger partial charge in [0.1, 0.15) is 23.9 Å². The minimum Gasteiger partial charge on any atom is -0.493 e. The van der Waals surface area contributed by atoms with E-state index in [0.717, 1.165) is 23.3 Å². The van der Waals surface area contributed by atoms with Gasteiger partial charge in [0, 0.05) is 37.3 Å². The number of anilines is 1. The van der Waals surface area contributed by atoms with Crippen molar-refractivity contribution in [2.24, 2.45) is 0 Å². The molecular weight excluding hydrogens is 955 g/mol. The number of unbranched alkanes of at least 4 members (excludes halogenated alkanes) is 1. The van der Waals surface area contributed by atoms with Crippen LogP contribution in [0.3, 0.4) is 0 Å². The fourth-order valence-corrected chi connectivity index (χ4v) is 9.69. The SMILES string of the molecule is CC[C@H](C(=O)N1CCCC[C@H]1C(=O)O[C@H](CCc1ccc(OC)c(OC)c1)c1ccccc1OCC(=O)NCCCCNc1ccc2c(c1)C(=O)N(C1CCC(=O)NC1=O)C2=O)c1cc(OC)c(OC)c(OC)c1. The Morgan fingerprint density at radius 2 is 1.46 bits per heavy atom. The highest BCUT2D eigenvalue weighted by atomic mass is 16.6. The smallest absolute Gasteiger partial charge is 0.329 e. The molecule has 0 saturated carbocycles. The third-order valence-electron chi connectivity index (χ3n) is 13.6. The lowest BCUT2D eigenvalue weighted by molar-refractivity contribution is -0.162. The summed E-state index contributed by atoms with van der Waals surface area (Å²) in [5.41, 5.74) is 3.11. The van der Waals surface area contributed by atoms with E-state index in [1.54, 1.807) is 67.7 Å². The van der Waals surface area contributed by atoms with Crippen LogP contribution in [0.25, 0.3) is 0 Å². The van der Waals surface area contributed by atoms with Gasteiger partial charge in [-0.3, -0.25) is 39.0 Å². The summed E-state index contributed by atoms with van der Waals surface area (Å²) in [6, 6.07) is 19.1. The van der Waals surface area contributed by atoms with Crippen LogP contribution in [0.5, 0.6) is 34.5 Å². The number of carbonyl (C=O) groups excluding carboxylic acids is 7. The molecule has 4 atom stereocenters. The second kappa shape index (κ2) is 25.2. The molecule has 0 bridgehead atoms. The van der Waals surface area contributed by atoms with Crippen molar-refractivity contribution in [2.45, 2.75) is 95.2 Å². The largest absolute Gasteiger partial charge is 0.493 e. The number of nitrogens with zero attached hydrogens (tertiary/aromatic N) is 2. The Balaban J connectivity index is 0.979. The van der Waals surface area contributed by atoms with Crippen molar-refractivity contribution in [3.8, 4) is 34.5 Å². The Labute approximate surface area is 430 Å². The number of para-hydroxylation sites is 1. The topological polar surface area (TPSA) is 227 Å². The molecule has 4 aromatic carbocycles. The van der Waals surface area contributed by atoms with Crippen LogP contribution >= 0.6 is 0 Å². The fourth-order valence-electron chi connectivity index (χ4n) is 9.69. The number of piperidine rings is 2. The molecule has 394 valence electrons. The molecule has 1 unspecified atom stereocenters. The monoisotopic (exact) mass is 1020 g/mol. The molecule has 3 N–H and O–H groups in total. The van der Waals surface area contributed by atoms with Crippen LogP contribution in [0.15, 0.2) is 72.8 Å². The lowest BCUT2D eigenvalue weighted by Gasteiger charge is -2.37. The summed E-state index contributed by atoms with van der Waals surface area (Å²) in [6.45, 7) is 2.83. The molecule has 3 heterocycles. The maximum absolute atomic E-state index is 14.6. The molecule has 4 aromatic rings. The van der Waals surface area contributed by atoms with E-state index in [0.29, 0.717) is 109 Å². The molecule has 74 heavy (non-hydrogen) atoms. The van der Waals surface area contributed by atoms with E-state index in [9.17, 15) is 33.6 Å². The number of rotatable bonds is 24. The number of ether oxygens (including phenoxy) is 7. The number of benzene rings is 4. The molecule has 0 spiro atoms. The number of hydrogen-bond acceptors (Lipinski definition) is 15. The minimum absolute atomic E-state index is 0.0367. The average Bonchev–Trinajstić information content (AvgIpc) is 3.66. The Bertz CT molecular complexity index is 2700. The van der Waals surface area contributed by atoms with Gasteiger partial charge >= 0.3 is 5.97 Å². The lowest BCUT2D eigenvalue weighted by atomic mass is 9.91. The Morgan fingerprint density at radius 3 is 2.16 bits per heavy atom. The maximum atomic E-state index is 14.6. The second-order valence-electron chi connectivity index (χ2n) is 18.1. The average molecular weight is 1020 g/mol. The summed E-state index contributed by atoms with van der Waals surface area (Å²) >= 11 is 0. The Kier molecular flexibility index (Phi) is 18.4. The highest BCUT2D eigenvalue weighted by molar-refractivity contribution is 6.23. The number of nitrogens with one attached hydrogen (secondary N) is 3. The van der Waals surface area contributed by atoms with Gasteiger partial charge in [-0.2, -0.15) is 0 Å². The molecule has 2 fully saturated rings. The molecular formula is C55H65N5O14. The molecule has 0 radical (unpaired) electrons. The number of esters is 1. The zero-order valence-electron chi connectivity index (χ0n) is 42.7. The van der Waals surface area contributed by atoms with E-state index in [1.165, 1.54) is 21.3 Å². The number of imide groups is 2. The van der Waals surface area contributed by atoms with E-state index in [1.807, 2.05) is 31.2 Å². The van der Waals surface area contributed by atoms with Gasteiger partial charge in [0.2, 0.25) is 23.5 Å². The first-order valence-corrected chi connectivity index (χ1v) is 24.9. The summed E-state index contributed by atoms with van der Waals surface area (Å²) in [5, 5.41) is 8.33. The van der Waals surface area contributed by atoms with E-state index >= 15 is 0 Å². The van der Waals surface area contributed by atoms with Crippen molar-refractivity contribution in [1.29, 1.82) is 0 Å².